The normalized spacial score (nSPS) is 13.4. The number of fused-ring (bicyclic) bond motifs is 21. The lowest BCUT2D eigenvalue weighted by Crippen LogP contribution is -2.33. The summed E-state index contributed by atoms with van der Waals surface area (Å²) in [7, 11) is 0. The van der Waals surface area contributed by atoms with Crippen LogP contribution in [0.2, 0.25) is 0 Å². The first kappa shape index (κ1) is 45.5. The third kappa shape index (κ3) is 6.41. The van der Waals surface area contributed by atoms with E-state index in [9.17, 15) is 0 Å². The highest BCUT2D eigenvalue weighted by Crippen LogP contribution is 2.62. The Labute approximate surface area is 469 Å². The lowest BCUT2D eigenvalue weighted by molar-refractivity contribution is 0.748. The molecule has 0 bridgehead atoms. The summed E-state index contributed by atoms with van der Waals surface area (Å²) < 4.78 is 5.14. The number of aromatic nitrogens is 1. The maximum Gasteiger partial charge on any atom is 0.0754 e. The molecule has 0 radical (unpaired) electrons. The Morgan fingerprint density at radius 2 is 0.963 bits per heavy atom. The average molecular weight is 1040 g/mol. The van der Waals surface area contributed by atoms with Crippen LogP contribution in [0.25, 0.3) is 92.2 Å². The average Bonchev–Trinajstić information content (AvgIpc) is 4.14. The van der Waals surface area contributed by atoms with E-state index >= 15 is 0 Å². The Balaban J connectivity index is 0.891. The largest absolute Gasteiger partial charge is 0.309 e. The molecule has 80 heavy (non-hydrogen) atoms. The summed E-state index contributed by atoms with van der Waals surface area (Å²) in [5.41, 5.74) is 30.1. The zero-order valence-corrected chi connectivity index (χ0v) is 45.3. The highest BCUT2D eigenvalue weighted by atomic mass is 32.1. The van der Waals surface area contributed by atoms with Gasteiger partial charge in [-0.1, -0.05) is 205 Å². The van der Waals surface area contributed by atoms with Crippen LogP contribution in [0.15, 0.2) is 255 Å². The van der Waals surface area contributed by atoms with Gasteiger partial charge in [-0.2, -0.15) is 0 Å². The van der Waals surface area contributed by atoms with Crippen molar-refractivity contribution in [3.8, 4) is 50.2 Å². The number of aryl methyl sites for hydroxylation is 2. The van der Waals surface area contributed by atoms with Gasteiger partial charge in [-0.15, -0.1) is 11.3 Å². The van der Waals surface area contributed by atoms with E-state index in [1.54, 1.807) is 0 Å². The molecule has 3 heterocycles. The minimum atomic E-state index is -0.539. The summed E-state index contributed by atoms with van der Waals surface area (Å²) in [6.07, 6.45) is 1.62. The van der Waals surface area contributed by atoms with E-state index < -0.39 is 5.41 Å². The Hall–Kier alpha value is -9.54. The first-order valence-corrected chi connectivity index (χ1v) is 28.9. The molecule has 1 spiro atoms. The molecule has 2 aliphatic carbocycles. The predicted octanol–water partition coefficient (Wildman–Crippen LogP) is 20.4. The molecule has 12 aromatic carbocycles. The van der Waals surface area contributed by atoms with Gasteiger partial charge in [0.2, 0.25) is 0 Å². The third-order valence-electron chi connectivity index (χ3n) is 18.0. The lowest BCUT2D eigenvalue weighted by Gasteiger charge is -2.40. The summed E-state index contributed by atoms with van der Waals surface area (Å²) in [6, 6.07) is 97.1. The van der Waals surface area contributed by atoms with Crippen LogP contribution < -0.4 is 4.90 Å². The van der Waals surface area contributed by atoms with E-state index in [0.717, 1.165) is 18.5 Å². The number of anilines is 3. The molecule has 3 heteroatoms. The molecule has 14 aromatic rings. The molecule has 0 atom stereocenters. The standard InChI is InChI=1S/C77H52N2S/c1-47-33-39-69-63(41-47)64-42-48(2)43-68-75(64)79(69)70-40-36-50(46-67(70)77(68)65-28-12-9-24-59(65)60-25-10-13-29-66(60)77)49-34-37-55(38-35-49)78(72-31-16-27-62-61-26-11-14-32-73(61)80-76(62)72)71-30-15-20-54-45-52-18-4-7-22-57(52)56-21-6-3-17-51(56)44-53-19-5-8-23-58(53)74(54)71/h3-43,46H,44-45H2,1-2H3. The van der Waals surface area contributed by atoms with Gasteiger partial charge in [0, 0.05) is 37.5 Å². The molecule has 0 N–H and O–H groups in total. The molecular weight excluding hydrogens is 985 g/mol. The van der Waals surface area contributed by atoms with Gasteiger partial charge in [0.15, 0.2) is 0 Å². The van der Waals surface area contributed by atoms with Crippen LogP contribution in [0.4, 0.5) is 17.1 Å². The molecule has 2 nitrogen and oxygen atoms in total. The molecule has 2 aromatic heterocycles. The molecular formula is C77H52N2S. The van der Waals surface area contributed by atoms with Crippen LogP contribution in [0, 0.1) is 13.8 Å². The van der Waals surface area contributed by atoms with Crippen LogP contribution in [0.5, 0.6) is 0 Å². The van der Waals surface area contributed by atoms with E-state index in [1.165, 1.54) is 159 Å². The first-order valence-electron chi connectivity index (χ1n) is 28.1. The quantitative estimate of drug-likeness (QED) is 0.171. The number of rotatable bonds is 4. The van der Waals surface area contributed by atoms with E-state index in [0.29, 0.717) is 0 Å². The maximum absolute atomic E-state index is 2.58. The van der Waals surface area contributed by atoms with E-state index in [1.807, 2.05) is 11.3 Å². The van der Waals surface area contributed by atoms with Gasteiger partial charge in [0.1, 0.15) is 0 Å². The number of hydrogen-bond acceptors (Lipinski definition) is 2. The highest BCUT2D eigenvalue weighted by Gasteiger charge is 2.51. The SMILES string of the molecule is Cc1ccc2c(c1)c1cc(C)cc3c1n2-c1ccc(-c2ccc(N(c4cccc5c4-c4ccccc4Cc4ccccc4-c4ccccc4C5)c4cccc5c4sc4ccccc45)cc2)cc1C31c2ccccc2-c2ccccc21. The second-order valence-electron chi connectivity index (χ2n) is 22.4. The molecule has 0 saturated carbocycles. The summed E-state index contributed by atoms with van der Waals surface area (Å²) in [5.74, 6) is 0. The summed E-state index contributed by atoms with van der Waals surface area (Å²) >= 11 is 1.89. The summed E-state index contributed by atoms with van der Waals surface area (Å²) in [4.78, 5) is 2.57. The van der Waals surface area contributed by atoms with Crippen molar-refractivity contribution < 1.29 is 0 Å². The molecule has 0 amide bonds. The minimum absolute atomic E-state index is 0.539. The second kappa shape index (κ2) is 17.2. The van der Waals surface area contributed by atoms with Crippen molar-refractivity contribution in [3.05, 3.63) is 310 Å². The summed E-state index contributed by atoms with van der Waals surface area (Å²) in [6.45, 7) is 4.50. The molecule has 0 saturated heterocycles. The van der Waals surface area contributed by atoms with Gasteiger partial charge in [-0.3, -0.25) is 0 Å². The molecule has 0 unspecified atom stereocenters. The summed E-state index contributed by atoms with van der Waals surface area (Å²) in [5, 5.41) is 5.19. The molecule has 376 valence electrons. The van der Waals surface area contributed by atoms with Crippen LogP contribution in [0.1, 0.15) is 55.6 Å². The van der Waals surface area contributed by atoms with Crippen molar-refractivity contribution in [2.45, 2.75) is 32.1 Å². The smallest absolute Gasteiger partial charge is 0.0754 e. The van der Waals surface area contributed by atoms with Gasteiger partial charge in [-0.25, -0.2) is 0 Å². The molecule has 17 rings (SSSR count). The fraction of sp³-hybridized carbons (Fsp3) is 0.0649. The molecule has 3 aliphatic rings. The van der Waals surface area contributed by atoms with Crippen molar-refractivity contribution in [1.82, 2.24) is 4.57 Å². The Kier molecular flexibility index (Phi) is 9.79. The van der Waals surface area contributed by atoms with Crippen molar-refractivity contribution in [2.24, 2.45) is 0 Å². The van der Waals surface area contributed by atoms with E-state index in [2.05, 4.69) is 278 Å². The first-order chi connectivity index (χ1) is 39.5. The second-order valence-corrected chi connectivity index (χ2v) is 23.5. The number of benzene rings is 12. The highest BCUT2D eigenvalue weighted by molar-refractivity contribution is 7.26. The fourth-order valence-electron chi connectivity index (χ4n) is 14.7. The predicted molar refractivity (Wildman–Crippen MR) is 337 cm³/mol. The van der Waals surface area contributed by atoms with Crippen molar-refractivity contribution in [2.75, 3.05) is 4.90 Å². The van der Waals surface area contributed by atoms with Gasteiger partial charge in [0.05, 0.1) is 38.2 Å². The number of nitrogens with zero attached hydrogens (tertiary/aromatic N) is 2. The molecule has 1 aliphatic heterocycles. The Morgan fingerprint density at radius 3 is 1.71 bits per heavy atom. The van der Waals surface area contributed by atoms with Gasteiger partial charge < -0.3 is 9.47 Å². The van der Waals surface area contributed by atoms with Crippen molar-refractivity contribution in [1.29, 1.82) is 0 Å². The fourth-order valence-corrected chi connectivity index (χ4v) is 15.9. The number of thiophene rings is 1. The van der Waals surface area contributed by atoms with Crippen LogP contribution in [-0.2, 0) is 18.3 Å². The van der Waals surface area contributed by atoms with Crippen LogP contribution in [-0.4, -0.2) is 4.57 Å². The van der Waals surface area contributed by atoms with Gasteiger partial charge >= 0.3 is 0 Å². The van der Waals surface area contributed by atoms with E-state index in [4.69, 9.17) is 0 Å². The minimum Gasteiger partial charge on any atom is -0.309 e. The van der Waals surface area contributed by atoms with Gasteiger partial charge in [0.25, 0.3) is 0 Å². The van der Waals surface area contributed by atoms with Gasteiger partial charge in [-0.05, 0) is 171 Å². The zero-order chi connectivity index (χ0) is 52.8. The Bertz CT molecular complexity index is 4890. The van der Waals surface area contributed by atoms with Crippen LogP contribution >= 0.6 is 11.3 Å². The molecule has 0 fully saturated rings. The van der Waals surface area contributed by atoms with Crippen LogP contribution in [0.3, 0.4) is 0 Å². The monoisotopic (exact) mass is 1040 g/mol. The third-order valence-corrected chi connectivity index (χ3v) is 19.2. The maximum atomic E-state index is 2.58. The Morgan fingerprint density at radius 1 is 0.388 bits per heavy atom. The lowest BCUT2D eigenvalue weighted by atomic mass is 9.65. The van der Waals surface area contributed by atoms with E-state index in [-0.39, 0.29) is 0 Å². The van der Waals surface area contributed by atoms with Crippen molar-refractivity contribution in [3.63, 3.8) is 0 Å². The number of hydrogen-bond donors (Lipinski definition) is 0. The zero-order valence-electron chi connectivity index (χ0n) is 44.5. The van der Waals surface area contributed by atoms with Crippen molar-refractivity contribution >= 4 is 70.4 Å². The topological polar surface area (TPSA) is 8.17 Å².